The molecule has 102 valence electrons. The summed E-state index contributed by atoms with van der Waals surface area (Å²) in [6.07, 6.45) is 0. The van der Waals surface area contributed by atoms with Gasteiger partial charge in [0.25, 0.3) is 10.0 Å². The number of rotatable bonds is 4. The first-order chi connectivity index (χ1) is 8.98. The molecular formula is C12H12FNO3S2. The second-order valence-corrected chi connectivity index (χ2v) is 6.73. The lowest BCUT2D eigenvalue weighted by Gasteiger charge is -2.19. The number of sulfonamides is 1. The predicted octanol–water partition coefficient (Wildman–Crippen LogP) is 2.20. The van der Waals surface area contributed by atoms with Crippen molar-refractivity contribution < 1.29 is 17.9 Å². The van der Waals surface area contributed by atoms with Crippen LogP contribution >= 0.6 is 11.3 Å². The van der Waals surface area contributed by atoms with E-state index in [0.29, 0.717) is 4.88 Å². The molecule has 0 saturated carbocycles. The Morgan fingerprint density at radius 3 is 2.63 bits per heavy atom. The van der Waals surface area contributed by atoms with Gasteiger partial charge in [0.05, 0.1) is 17.2 Å². The summed E-state index contributed by atoms with van der Waals surface area (Å²) >= 11 is 1.14. The van der Waals surface area contributed by atoms with Crippen molar-refractivity contribution in [1.82, 2.24) is 0 Å². The molecule has 0 spiro atoms. The van der Waals surface area contributed by atoms with E-state index in [9.17, 15) is 12.8 Å². The molecule has 1 heterocycles. The van der Waals surface area contributed by atoms with Crippen molar-refractivity contribution in [2.24, 2.45) is 0 Å². The second-order valence-electron chi connectivity index (χ2n) is 3.79. The number of thiophene rings is 1. The molecule has 0 amide bonds. The van der Waals surface area contributed by atoms with E-state index in [2.05, 4.69) is 0 Å². The lowest BCUT2D eigenvalue weighted by molar-refractivity contribution is 0.282. The van der Waals surface area contributed by atoms with Gasteiger partial charge in [-0.1, -0.05) is 12.1 Å². The Labute approximate surface area is 114 Å². The molecule has 0 saturated heterocycles. The minimum Gasteiger partial charge on any atom is -0.391 e. The minimum absolute atomic E-state index is 0.00533. The number of aliphatic hydroxyl groups is 1. The van der Waals surface area contributed by atoms with Crippen LogP contribution in [0.5, 0.6) is 0 Å². The number of halogens is 1. The smallest absolute Gasteiger partial charge is 0.265 e. The number of nitrogens with zero attached hydrogens (tertiary/aromatic N) is 1. The van der Waals surface area contributed by atoms with Crippen LogP contribution in [0.4, 0.5) is 10.1 Å². The first kappa shape index (κ1) is 14.0. The average Bonchev–Trinajstić information content (AvgIpc) is 2.87. The van der Waals surface area contributed by atoms with Gasteiger partial charge >= 0.3 is 0 Å². The van der Waals surface area contributed by atoms with Gasteiger partial charge in [-0.25, -0.2) is 12.8 Å². The Hall–Kier alpha value is -1.44. The summed E-state index contributed by atoms with van der Waals surface area (Å²) < 4.78 is 39.3. The Balaban J connectivity index is 2.49. The molecule has 1 aromatic carbocycles. The standard InChI is InChI=1S/C12H12FNO3S2/c1-14(10-5-3-2-4-9(10)13)19(16,17)12-6-7-18-11(12)8-15/h2-7,15H,8H2,1H3. The third-order valence-corrected chi connectivity index (χ3v) is 5.57. The zero-order valence-electron chi connectivity index (χ0n) is 10.1. The van der Waals surface area contributed by atoms with E-state index in [0.717, 1.165) is 15.6 Å². The molecule has 2 aromatic rings. The molecule has 19 heavy (non-hydrogen) atoms. The Morgan fingerprint density at radius 1 is 1.32 bits per heavy atom. The van der Waals surface area contributed by atoms with Gasteiger partial charge in [0.1, 0.15) is 10.7 Å². The van der Waals surface area contributed by atoms with E-state index in [-0.39, 0.29) is 17.2 Å². The Morgan fingerprint density at radius 2 is 2.00 bits per heavy atom. The van der Waals surface area contributed by atoms with Crippen molar-refractivity contribution >= 4 is 27.0 Å². The zero-order chi connectivity index (χ0) is 14.0. The van der Waals surface area contributed by atoms with Gasteiger partial charge in [-0.3, -0.25) is 4.31 Å². The molecule has 1 aromatic heterocycles. The van der Waals surface area contributed by atoms with Gasteiger partial charge in [0, 0.05) is 7.05 Å². The fraction of sp³-hybridized carbons (Fsp3) is 0.167. The molecule has 7 heteroatoms. The molecule has 0 radical (unpaired) electrons. The summed E-state index contributed by atoms with van der Waals surface area (Å²) in [5, 5.41) is 10.7. The topological polar surface area (TPSA) is 57.6 Å². The summed E-state index contributed by atoms with van der Waals surface area (Å²) in [4.78, 5) is 0.342. The maximum absolute atomic E-state index is 13.6. The second kappa shape index (κ2) is 5.28. The highest BCUT2D eigenvalue weighted by molar-refractivity contribution is 7.93. The lowest BCUT2D eigenvalue weighted by atomic mass is 10.3. The van der Waals surface area contributed by atoms with Crippen molar-refractivity contribution in [3.8, 4) is 0 Å². The van der Waals surface area contributed by atoms with E-state index in [1.54, 1.807) is 11.4 Å². The molecule has 0 unspecified atom stereocenters. The normalized spacial score (nSPS) is 11.5. The predicted molar refractivity (Wildman–Crippen MR) is 72.2 cm³/mol. The monoisotopic (exact) mass is 301 g/mol. The van der Waals surface area contributed by atoms with E-state index in [4.69, 9.17) is 5.11 Å². The molecule has 0 fully saturated rings. The van der Waals surface area contributed by atoms with Gasteiger partial charge in [-0.15, -0.1) is 11.3 Å². The quantitative estimate of drug-likeness (QED) is 0.942. The number of aliphatic hydroxyl groups excluding tert-OH is 1. The minimum atomic E-state index is -3.87. The van der Waals surface area contributed by atoms with Crippen LogP contribution < -0.4 is 4.31 Å². The molecular weight excluding hydrogens is 289 g/mol. The van der Waals surface area contributed by atoms with Gasteiger partial charge < -0.3 is 5.11 Å². The van der Waals surface area contributed by atoms with Crippen LogP contribution in [0.3, 0.4) is 0 Å². The van der Waals surface area contributed by atoms with Crippen molar-refractivity contribution in [2.45, 2.75) is 11.5 Å². The van der Waals surface area contributed by atoms with Crippen LogP contribution in [-0.2, 0) is 16.6 Å². The number of benzene rings is 1. The Bertz CT molecular complexity index is 682. The van der Waals surface area contributed by atoms with Crippen LogP contribution in [0.2, 0.25) is 0 Å². The molecule has 2 rings (SSSR count). The Kier molecular flexibility index (Phi) is 3.88. The highest BCUT2D eigenvalue weighted by Crippen LogP contribution is 2.28. The highest BCUT2D eigenvalue weighted by atomic mass is 32.2. The molecule has 0 aliphatic rings. The van der Waals surface area contributed by atoms with E-state index in [1.165, 1.54) is 31.3 Å². The van der Waals surface area contributed by atoms with E-state index >= 15 is 0 Å². The SMILES string of the molecule is CN(c1ccccc1F)S(=O)(=O)c1ccsc1CO. The number of anilines is 1. The van der Waals surface area contributed by atoms with Gasteiger partial charge in [-0.2, -0.15) is 0 Å². The van der Waals surface area contributed by atoms with Crippen molar-refractivity contribution in [2.75, 3.05) is 11.4 Å². The number of para-hydroxylation sites is 1. The number of hydrogen-bond donors (Lipinski definition) is 1. The molecule has 0 aliphatic heterocycles. The maximum Gasteiger partial charge on any atom is 0.265 e. The summed E-state index contributed by atoms with van der Waals surface area (Å²) in [6, 6.07) is 7.04. The summed E-state index contributed by atoms with van der Waals surface area (Å²) in [5.41, 5.74) is -0.0300. The van der Waals surface area contributed by atoms with Crippen LogP contribution in [0.15, 0.2) is 40.6 Å². The maximum atomic E-state index is 13.6. The first-order valence-corrected chi connectivity index (χ1v) is 7.71. The fourth-order valence-electron chi connectivity index (χ4n) is 1.66. The van der Waals surface area contributed by atoms with Crippen LogP contribution in [0, 0.1) is 5.82 Å². The van der Waals surface area contributed by atoms with Crippen LogP contribution in [-0.4, -0.2) is 20.6 Å². The molecule has 4 nitrogen and oxygen atoms in total. The lowest BCUT2D eigenvalue weighted by Crippen LogP contribution is -2.27. The third-order valence-electron chi connectivity index (χ3n) is 2.68. The fourth-order valence-corrected chi connectivity index (χ4v) is 4.13. The summed E-state index contributed by atoms with van der Waals surface area (Å²) in [7, 11) is -2.59. The van der Waals surface area contributed by atoms with E-state index in [1.807, 2.05) is 0 Å². The summed E-state index contributed by atoms with van der Waals surface area (Å²) in [6.45, 7) is -0.364. The van der Waals surface area contributed by atoms with Gasteiger partial charge in [-0.05, 0) is 23.6 Å². The average molecular weight is 301 g/mol. The van der Waals surface area contributed by atoms with Crippen LogP contribution in [0.1, 0.15) is 4.88 Å². The number of hydrogen-bond acceptors (Lipinski definition) is 4. The van der Waals surface area contributed by atoms with Gasteiger partial charge in [0.2, 0.25) is 0 Å². The van der Waals surface area contributed by atoms with Crippen molar-refractivity contribution in [3.63, 3.8) is 0 Å². The van der Waals surface area contributed by atoms with Crippen molar-refractivity contribution in [1.29, 1.82) is 0 Å². The highest BCUT2D eigenvalue weighted by Gasteiger charge is 2.26. The van der Waals surface area contributed by atoms with E-state index < -0.39 is 15.8 Å². The molecule has 0 aliphatic carbocycles. The van der Waals surface area contributed by atoms with Gasteiger partial charge in [0.15, 0.2) is 0 Å². The third kappa shape index (κ3) is 2.49. The molecule has 0 bridgehead atoms. The zero-order valence-corrected chi connectivity index (χ0v) is 11.7. The molecule has 0 atom stereocenters. The van der Waals surface area contributed by atoms with Crippen LogP contribution in [0.25, 0.3) is 0 Å². The molecule has 1 N–H and O–H groups in total. The summed E-state index contributed by atoms with van der Waals surface area (Å²) in [5.74, 6) is -0.616. The first-order valence-electron chi connectivity index (χ1n) is 5.39. The largest absolute Gasteiger partial charge is 0.391 e. The van der Waals surface area contributed by atoms with Crippen molar-refractivity contribution in [3.05, 3.63) is 46.4 Å².